The van der Waals surface area contributed by atoms with E-state index < -0.39 is 0 Å². The number of aryl methyl sites for hydroxylation is 3. The Labute approximate surface area is 116 Å². The average Bonchev–Trinajstić information content (AvgIpc) is 2.76. The van der Waals surface area contributed by atoms with Gasteiger partial charge in [-0.3, -0.25) is 4.79 Å². The summed E-state index contributed by atoms with van der Waals surface area (Å²) in [7, 11) is 1.39. The number of esters is 1. The van der Waals surface area contributed by atoms with Crippen molar-refractivity contribution in [2.45, 2.75) is 26.3 Å². The first-order valence-corrected chi connectivity index (χ1v) is 6.64. The minimum Gasteiger partial charge on any atom is -0.469 e. The Morgan fingerprint density at radius 2 is 2.32 bits per heavy atom. The van der Waals surface area contributed by atoms with Crippen LogP contribution in [0.15, 0.2) is 12.3 Å². The molecule has 6 heteroatoms. The van der Waals surface area contributed by atoms with Gasteiger partial charge in [0.15, 0.2) is 5.65 Å². The molecule has 2 heterocycles. The summed E-state index contributed by atoms with van der Waals surface area (Å²) in [5.41, 5.74) is 2.73. The Morgan fingerprint density at radius 3 is 3.00 bits per heavy atom. The highest BCUT2D eigenvalue weighted by atomic mass is 35.5. The van der Waals surface area contributed by atoms with Crippen LogP contribution in [-0.2, 0) is 22.5 Å². The van der Waals surface area contributed by atoms with Gasteiger partial charge in [-0.15, -0.1) is 11.6 Å². The smallest absolute Gasteiger partial charge is 0.307 e. The summed E-state index contributed by atoms with van der Waals surface area (Å²) in [6.07, 6.45) is 2.70. The lowest BCUT2D eigenvalue weighted by atomic mass is 10.3. The van der Waals surface area contributed by atoms with Gasteiger partial charge in [0.05, 0.1) is 13.5 Å². The van der Waals surface area contributed by atoms with Crippen molar-refractivity contribution < 1.29 is 9.53 Å². The third kappa shape index (κ3) is 2.87. The van der Waals surface area contributed by atoms with Gasteiger partial charge in [-0.1, -0.05) is 0 Å². The molecule has 0 N–H and O–H groups in total. The van der Waals surface area contributed by atoms with Crippen LogP contribution in [0.1, 0.15) is 17.8 Å². The Hall–Kier alpha value is -1.62. The molecule has 0 aliphatic rings. The first kappa shape index (κ1) is 13.8. The highest BCUT2D eigenvalue weighted by molar-refractivity contribution is 6.17. The van der Waals surface area contributed by atoms with E-state index in [-0.39, 0.29) is 5.97 Å². The van der Waals surface area contributed by atoms with E-state index in [4.69, 9.17) is 11.6 Å². The Morgan fingerprint density at radius 1 is 1.53 bits per heavy atom. The highest BCUT2D eigenvalue weighted by Crippen LogP contribution is 2.18. The van der Waals surface area contributed by atoms with Gasteiger partial charge in [-0.2, -0.15) is 0 Å². The topological polar surface area (TPSA) is 57.0 Å². The van der Waals surface area contributed by atoms with E-state index in [1.807, 2.05) is 17.6 Å². The molecule has 0 amide bonds. The minimum atomic E-state index is -0.244. The van der Waals surface area contributed by atoms with Gasteiger partial charge < -0.3 is 9.30 Å². The molecule has 0 atom stereocenters. The molecule has 2 aromatic rings. The predicted octanol–water partition coefficient (Wildman–Crippen LogP) is 2.08. The number of hydrogen-bond donors (Lipinski definition) is 0. The molecule has 2 rings (SSSR count). The number of nitrogens with zero attached hydrogens (tertiary/aromatic N) is 3. The molecule has 0 aliphatic heterocycles. The largest absolute Gasteiger partial charge is 0.469 e. The number of carbonyl (C=O) groups excluding carboxylic acids is 1. The van der Waals surface area contributed by atoms with Gasteiger partial charge in [0.2, 0.25) is 0 Å². The average molecular weight is 282 g/mol. The predicted molar refractivity (Wildman–Crippen MR) is 73.3 cm³/mol. The number of methoxy groups -OCH3 is 1. The fourth-order valence-electron chi connectivity index (χ4n) is 2.00. The molecule has 19 heavy (non-hydrogen) atoms. The first-order chi connectivity index (χ1) is 9.17. The highest BCUT2D eigenvalue weighted by Gasteiger charge is 2.14. The Bertz CT molecular complexity index is 595. The van der Waals surface area contributed by atoms with Crippen LogP contribution in [0.4, 0.5) is 0 Å². The molecular formula is C13H16ClN3O2. The second kappa shape index (κ2) is 6.02. The molecule has 0 saturated heterocycles. The van der Waals surface area contributed by atoms with Crippen molar-refractivity contribution in [1.82, 2.24) is 14.5 Å². The van der Waals surface area contributed by atoms with E-state index in [1.54, 1.807) is 6.20 Å². The van der Waals surface area contributed by atoms with Gasteiger partial charge >= 0.3 is 5.97 Å². The van der Waals surface area contributed by atoms with Gasteiger partial charge in [0.1, 0.15) is 11.3 Å². The van der Waals surface area contributed by atoms with E-state index in [2.05, 4.69) is 14.7 Å². The number of fused-ring (bicyclic) bond motifs is 1. The fraction of sp³-hybridized carbons (Fsp3) is 0.462. The van der Waals surface area contributed by atoms with Crippen molar-refractivity contribution in [1.29, 1.82) is 0 Å². The van der Waals surface area contributed by atoms with Crippen LogP contribution in [0.25, 0.3) is 11.2 Å². The van der Waals surface area contributed by atoms with Crippen LogP contribution < -0.4 is 0 Å². The van der Waals surface area contributed by atoms with Crippen molar-refractivity contribution in [3.05, 3.63) is 23.7 Å². The minimum absolute atomic E-state index is 0.244. The molecule has 0 unspecified atom stereocenters. The quantitative estimate of drug-likeness (QED) is 0.622. The second-order valence-electron chi connectivity index (χ2n) is 4.24. The fourth-order valence-corrected chi connectivity index (χ4v) is 2.17. The summed E-state index contributed by atoms with van der Waals surface area (Å²) < 4.78 is 6.61. The van der Waals surface area contributed by atoms with Crippen LogP contribution in [-0.4, -0.2) is 33.5 Å². The number of hydrogen-bond acceptors (Lipinski definition) is 4. The molecule has 5 nitrogen and oxygen atoms in total. The van der Waals surface area contributed by atoms with Crippen molar-refractivity contribution in [2.75, 3.05) is 13.0 Å². The molecule has 0 aliphatic carbocycles. The van der Waals surface area contributed by atoms with Crippen molar-refractivity contribution in [3.63, 3.8) is 0 Å². The summed E-state index contributed by atoms with van der Waals surface area (Å²) in [4.78, 5) is 20.2. The first-order valence-electron chi connectivity index (χ1n) is 6.11. The molecule has 0 radical (unpaired) electrons. The zero-order chi connectivity index (χ0) is 13.8. The summed E-state index contributed by atoms with van der Waals surface area (Å²) in [6.45, 7) is 2.50. The molecule has 0 saturated carbocycles. The van der Waals surface area contributed by atoms with E-state index in [9.17, 15) is 4.79 Å². The van der Waals surface area contributed by atoms with Crippen LogP contribution in [0.3, 0.4) is 0 Å². The van der Waals surface area contributed by atoms with Crippen LogP contribution >= 0.6 is 11.6 Å². The van der Waals surface area contributed by atoms with Crippen molar-refractivity contribution in [2.24, 2.45) is 0 Å². The number of pyridine rings is 1. The molecule has 0 aromatic carbocycles. The maximum Gasteiger partial charge on any atom is 0.307 e. The Balaban J connectivity index is 2.40. The molecular weight excluding hydrogens is 266 g/mol. The van der Waals surface area contributed by atoms with E-state index in [0.717, 1.165) is 22.6 Å². The lowest BCUT2D eigenvalue weighted by Crippen LogP contribution is -2.10. The molecule has 0 fully saturated rings. The van der Waals surface area contributed by atoms with Gasteiger partial charge in [0, 0.05) is 25.0 Å². The standard InChI is InChI=1S/C13H16ClN3O2/c1-9-4-7-15-13-12(9)16-10(3-6-14)17(13)8-5-11(18)19-2/h4,7H,3,5-6,8H2,1-2H3. The third-order valence-electron chi connectivity index (χ3n) is 3.00. The summed E-state index contributed by atoms with van der Waals surface area (Å²) in [6, 6.07) is 1.92. The van der Waals surface area contributed by atoms with Gasteiger partial charge in [-0.05, 0) is 18.6 Å². The second-order valence-corrected chi connectivity index (χ2v) is 4.62. The lowest BCUT2D eigenvalue weighted by Gasteiger charge is -2.06. The zero-order valence-electron chi connectivity index (χ0n) is 11.0. The Kier molecular flexibility index (Phi) is 4.37. The number of alkyl halides is 1. The summed E-state index contributed by atoms with van der Waals surface area (Å²) in [5.74, 6) is 1.10. The summed E-state index contributed by atoms with van der Waals surface area (Å²) in [5, 5.41) is 0. The molecule has 102 valence electrons. The molecule has 2 aromatic heterocycles. The van der Waals surface area contributed by atoms with Crippen LogP contribution in [0, 0.1) is 6.92 Å². The van der Waals surface area contributed by atoms with Crippen LogP contribution in [0.2, 0.25) is 0 Å². The van der Waals surface area contributed by atoms with Crippen molar-refractivity contribution in [3.8, 4) is 0 Å². The number of rotatable bonds is 5. The SMILES string of the molecule is COC(=O)CCn1c(CCCl)nc2c(C)ccnc21. The summed E-state index contributed by atoms with van der Waals surface area (Å²) >= 11 is 5.80. The molecule has 0 spiro atoms. The number of halogens is 1. The van der Waals surface area contributed by atoms with E-state index in [1.165, 1.54) is 7.11 Å². The maximum absolute atomic E-state index is 11.3. The normalized spacial score (nSPS) is 10.9. The van der Waals surface area contributed by atoms with Crippen molar-refractivity contribution >= 4 is 28.7 Å². The number of carbonyl (C=O) groups is 1. The number of ether oxygens (including phenoxy) is 1. The van der Waals surface area contributed by atoms with E-state index in [0.29, 0.717) is 25.3 Å². The zero-order valence-corrected chi connectivity index (χ0v) is 11.8. The molecule has 0 bridgehead atoms. The third-order valence-corrected chi connectivity index (χ3v) is 3.19. The lowest BCUT2D eigenvalue weighted by molar-refractivity contribution is -0.140. The number of imidazole rings is 1. The maximum atomic E-state index is 11.3. The number of aromatic nitrogens is 3. The monoisotopic (exact) mass is 281 g/mol. The van der Waals surface area contributed by atoms with Gasteiger partial charge in [0.25, 0.3) is 0 Å². The van der Waals surface area contributed by atoms with Crippen LogP contribution in [0.5, 0.6) is 0 Å². The van der Waals surface area contributed by atoms with E-state index >= 15 is 0 Å². The van der Waals surface area contributed by atoms with Gasteiger partial charge in [-0.25, -0.2) is 9.97 Å².